The fraction of sp³-hybridized carbons (Fsp3) is 0.462. The van der Waals surface area contributed by atoms with Crippen LogP contribution in [0.25, 0.3) is 0 Å². The third-order valence-electron chi connectivity index (χ3n) is 6.76. The van der Waals surface area contributed by atoms with Crippen LogP contribution in [0.2, 0.25) is 5.02 Å². The Morgan fingerprint density at radius 2 is 1.86 bits per heavy atom. The first-order valence-corrected chi connectivity index (χ1v) is 14.6. The summed E-state index contributed by atoms with van der Waals surface area (Å²) in [5.41, 5.74) is 0.921. The van der Waals surface area contributed by atoms with Gasteiger partial charge in [0.2, 0.25) is 5.91 Å². The summed E-state index contributed by atoms with van der Waals surface area (Å²) < 4.78 is 12.6. The van der Waals surface area contributed by atoms with E-state index in [0.717, 1.165) is 51.9 Å². The van der Waals surface area contributed by atoms with Crippen LogP contribution in [0.15, 0.2) is 41.4 Å². The number of nitrogens with one attached hydrogen (secondary N) is 1. The van der Waals surface area contributed by atoms with Crippen LogP contribution in [0, 0.1) is 5.92 Å². The minimum Gasteiger partial charge on any atom is -0.355 e. The van der Waals surface area contributed by atoms with Crippen molar-refractivity contribution < 1.29 is 13.8 Å². The second-order valence-corrected chi connectivity index (χ2v) is 12.5. The van der Waals surface area contributed by atoms with Gasteiger partial charge in [-0.15, -0.1) is 0 Å². The second-order valence-electron chi connectivity index (χ2n) is 9.59. The Bertz CT molecular complexity index is 1190. The average Bonchev–Trinajstić information content (AvgIpc) is 2.84. The summed E-state index contributed by atoms with van der Waals surface area (Å²) in [4.78, 5) is 34.8. The van der Waals surface area contributed by atoms with Gasteiger partial charge in [-0.2, -0.15) is 0 Å². The molecular formula is C26H33ClN4O3S. The smallest absolute Gasteiger partial charge is 0.255 e. The molecule has 0 saturated carbocycles. The first-order chi connectivity index (χ1) is 16.7. The summed E-state index contributed by atoms with van der Waals surface area (Å²) in [6, 6.07) is 8.42. The molecule has 35 heavy (non-hydrogen) atoms. The van der Waals surface area contributed by atoms with Crippen LogP contribution >= 0.6 is 11.6 Å². The molecule has 7 nitrogen and oxygen atoms in total. The number of likely N-dealkylation sites (tertiary alicyclic amines) is 1. The molecule has 1 aromatic heterocycles. The van der Waals surface area contributed by atoms with Crippen molar-refractivity contribution >= 4 is 50.3 Å². The van der Waals surface area contributed by atoms with Gasteiger partial charge < -0.3 is 15.1 Å². The van der Waals surface area contributed by atoms with E-state index in [-0.39, 0.29) is 11.8 Å². The molecule has 3 heterocycles. The summed E-state index contributed by atoms with van der Waals surface area (Å²) in [7, 11) is -2.51. The van der Waals surface area contributed by atoms with Crippen LogP contribution in [0.3, 0.4) is 0 Å². The number of aromatic nitrogens is 1. The molecule has 9 heteroatoms. The summed E-state index contributed by atoms with van der Waals surface area (Å²) >= 11 is 6.06. The van der Waals surface area contributed by atoms with E-state index in [1.54, 1.807) is 42.8 Å². The fourth-order valence-electron chi connectivity index (χ4n) is 4.71. The van der Waals surface area contributed by atoms with Crippen molar-refractivity contribution in [1.82, 2.24) is 9.88 Å². The lowest BCUT2D eigenvalue weighted by Crippen LogP contribution is -2.39. The van der Waals surface area contributed by atoms with Crippen molar-refractivity contribution in [1.29, 1.82) is 0 Å². The van der Waals surface area contributed by atoms with Crippen molar-refractivity contribution in [2.24, 2.45) is 5.92 Å². The summed E-state index contributed by atoms with van der Waals surface area (Å²) in [6.45, 7) is 3.24. The Hall–Kier alpha value is -2.58. The molecule has 1 aromatic carbocycles. The average molecular weight is 517 g/mol. The summed E-state index contributed by atoms with van der Waals surface area (Å²) in [5.74, 6) is 4.69. The number of hydrogen-bond acceptors (Lipinski definition) is 5. The molecule has 2 aromatic rings. The predicted octanol–water partition coefficient (Wildman–Crippen LogP) is 4.31. The molecule has 2 fully saturated rings. The molecule has 0 bridgehead atoms. The zero-order chi connectivity index (χ0) is 25.0. The van der Waals surface area contributed by atoms with Crippen molar-refractivity contribution in [3.63, 3.8) is 0 Å². The van der Waals surface area contributed by atoms with Crippen molar-refractivity contribution in [3.05, 3.63) is 47.1 Å². The Morgan fingerprint density at radius 1 is 1.14 bits per heavy atom. The normalized spacial score (nSPS) is 18.7. The van der Waals surface area contributed by atoms with Gasteiger partial charge in [0.1, 0.15) is 0 Å². The van der Waals surface area contributed by atoms with Gasteiger partial charge in [0.25, 0.3) is 5.91 Å². The summed E-state index contributed by atoms with van der Waals surface area (Å²) in [5, 5.41) is 3.41. The third-order valence-corrected chi connectivity index (χ3v) is 8.22. The lowest BCUT2D eigenvalue weighted by Gasteiger charge is -2.35. The first-order valence-electron chi connectivity index (χ1n) is 12.1. The van der Waals surface area contributed by atoms with E-state index in [1.807, 2.05) is 4.90 Å². The molecule has 188 valence electrons. The minimum atomic E-state index is -2.51. The van der Waals surface area contributed by atoms with Gasteiger partial charge in [0.15, 0.2) is 5.82 Å². The molecule has 2 aliphatic rings. The van der Waals surface area contributed by atoms with Crippen molar-refractivity contribution in [2.45, 2.75) is 43.4 Å². The molecule has 2 aliphatic heterocycles. The van der Waals surface area contributed by atoms with E-state index < -0.39 is 9.52 Å². The quantitative estimate of drug-likeness (QED) is 0.578. The van der Waals surface area contributed by atoms with E-state index in [1.165, 1.54) is 6.42 Å². The molecule has 0 radical (unpaired) electrons. The molecule has 0 aliphatic carbocycles. The Morgan fingerprint density at radius 3 is 2.51 bits per heavy atom. The maximum atomic E-state index is 12.9. The largest absolute Gasteiger partial charge is 0.355 e. The zero-order valence-electron chi connectivity index (χ0n) is 20.2. The van der Waals surface area contributed by atoms with E-state index in [4.69, 9.17) is 11.6 Å². The van der Waals surface area contributed by atoms with Crippen LogP contribution in [-0.2, 0) is 14.3 Å². The van der Waals surface area contributed by atoms with Crippen LogP contribution < -0.4 is 10.2 Å². The molecule has 2 saturated heterocycles. The first kappa shape index (κ1) is 25.5. The zero-order valence-corrected chi connectivity index (χ0v) is 21.7. The third kappa shape index (κ3) is 6.55. The lowest BCUT2D eigenvalue weighted by molar-refractivity contribution is -0.133. The van der Waals surface area contributed by atoms with Crippen LogP contribution in [0.1, 0.15) is 48.9 Å². The molecular weight excluding hydrogens is 484 g/mol. The van der Waals surface area contributed by atoms with Crippen molar-refractivity contribution in [3.8, 4) is 0 Å². The van der Waals surface area contributed by atoms with E-state index in [0.29, 0.717) is 39.3 Å². The number of carbonyl (C=O) groups excluding carboxylic acids is 2. The van der Waals surface area contributed by atoms with E-state index in [9.17, 15) is 13.8 Å². The van der Waals surface area contributed by atoms with Crippen molar-refractivity contribution in [2.75, 3.05) is 42.7 Å². The summed E-state index contributed by atoms with van der Waals surface area (Å²) in [6.07, 6.45) is 8.90. The van der Waals surface area contributed by atoms with Gasteiger partial charge in [0.05, 0.1) is 10.6 Å². The highest BCUT2D eigenvalue weighted by Crippen LogP contribution is 2.31. The standard InChI is InChI=1S/C26H33ClN4O3S/c1-35(2,34)22-17-23(29-26(33)20-7-6-8-21(27)16-20)25(28-18-22)31-13-9-19(10-14-31)15-24(32)30-11-4-3-5-12-30/h6-8,16-19H,1,3-5,9-15H2,2H3,(H,29,33). The SMILES string of the molecule is C=S(C)(=O)c1cnc(N2CCC(CC(=O)N3CCCCC3)CC2)c(NC(=O)c2cccc(Cl)c2)c1. The van der Waals surface area contributed by atoms with Gasteiger partial charge in [-0.25, -0.2) is 4.98 Å². The van der Waals surface area contributed by atoms with Gasteiger partial charge >= 0.3 is 0 Å². The maximum absolute atomic E-state index is 12.9. The Labute approximate surface area is 212 Å². The van der Waals surface area contributed by atoms with E-state index in [2.05, 4.69) is 21.1 Å². The Balaban J connectivity index is 1.47. The highest BCUT2D eigenvalue weighted by molar-refractivity contribution is 7.99. The topological polar surface area (TPSA) is 82.6 Å². The van der Waals surface area contributed by atoms with Gasteiger partial charge in [0, 0.05) is 55.6 Å². The number of rotatable bonds is 6. The number of hydrogen-bond donors (Lipinski definition) is 1. The monoisotopic (exact) mass is 516 g/mol. The predicted molar refractivity (Wildman–Crippen MR) is 143 cm³/mol. The molecule has 1 unspecified atom stereocenters. The number of halogens is 1. The molecule has 4 rings (SSSR count). The number of piperidine rings is 2. The molecule has 0 spiro atoms. The lowest BCUT2D eigenvalue weighted by atomic mass is 9.92. The molecule has 1 N–H and O–H groups in total. The van der Waals surface area contributed by atoms with Crippen LogP contribution in [0.5, 0.6) is 0 Å². The van der Waals surface area contributed by atoms with Crippen LogP contribution in [-0.4, -0.2) is 64.2 Å². The second kappa shape index (κ2) is 11.0. The number of anilines is 2. The Kier molecular flexibility index (Phi) is 8.02. The number of benzene rings is 1. The number of pyridine rings is 1. The minimum absolute atomic E-state index is 0.272. The molecule has 2 amide bonds. The number of carbonyl (C=O) groups is 2. The maximum Gasteiger partial charge on any atom is 0.255 e. The van der Waals surface area contributed by atoms with E-state index >= 15 is 0 Å². The van der Waals surface area contributed by atoms with Gasteiger partial charge in [-0.1, -0.05) is 17.7 Å². The number of nitrogens with zero attached hydrogens (tertiary/aromatic N) is 3. The van der Waals surface area contributed by atoms with Gasteiger partial charge in [-0.05, 0) is 77.7 Å². The highest BCUT2D eigenvalue weighted by Gasteiger charge is 2.27. The van der Waals surface area contributed by atoms with Gasteiger partial charge in [-0.3, -0.25) is 13.8 Å². The highest BCUT2D eigenvalue weighted by atomic mass is 35.5. The fourth-order valence-corrected chi connectivity index (χ4v) is 5.54. The van der Waals surface area contributed by atoms with Crippen LogP contribution in [0.4, 0.5) is 11.5 Å². The molecule has 1 atom stereocenters. The number of amides is 2.